The molecule has 0 aliphatic carbocycles. The van der Waals surface area contributed by atoms with Crippen LogP contribution < -0.4 is 0 Å². The van der Waals surface area contributed by atoms with Crippen molar-refractivity contribution < 1.29 is 0 Å². The topological polar surface area (TPSA) is 0 Å². The second-order valence-corrected chi connectivity index (χ2v) is 4.58. The monoisotopic (exact) mass is 172 g/mol. The Morgan fingerprint density at radius 3 is 2.08 bits per heavy atom. The van der Waals surface area contributed by atoms with Crippen LogP contribution in [0, 0.1) is 17.8 Å². The summed E-state index contributed by atoms with van der Waals surface area (Å²) in [6.45, 7) is 6.71. The van der Waals surface area contributed by atoms with E-state index in [4.69, 9.17) is 6.42 Å². The van der Waals surface area contributed by atoms with Crippen LogP contribution in [0.4, 0.5) is 0 Å². The largest absolute Gasteiger partial charge is 0.115 e. The summed E-state index contributed by atoms with van der Waals surface area (Å²) in [4.78, 5) is 0. The molecule has 0 atom stereocenters. The number of benzene rings is 1. The zero-order chi connectivity index (χ0) is 9.90. The molecule has 68 valence electrons. The van der Waals surface area contributed by atoms with Crippen LogP contribution in [0.2, 0.25) is 0 Å². The Morgan fingerprint density at radius 1 is 1.15 bits per heavy atom. The van der Waals surface area contributed by atoms with Gasteiger partial charge in [-0.3, -0.25) is 0 Å². The van der Waals surface area contributed by atoms with Crippen molar-refractivity contribution >= 4 is 0 Å². The standard InChI is InChI=1S/C13H16/c1-5-11-6-8-12(9-7-11)10-13(2,3)4/h1,6-9H,10H2,2-4H3. The Labute approximate surface area is 81.0 Å². The van der Waals surface area contributed by atoms with E-state index in [-0.39, 0.29) is 0 Å². The van der Waals surface area contributed by atoms with E-state index in [9.17, 15) is 0 Å². The van der Waals surface area contributed by atoms with Crippen molar-refractivity contribution in [2.24, 2.45) is 5.41 Å². The Kier molecular flexibility index (Phi) is 2.78. The first-order valence-corrected chi connectivity index (χ1v) is 4.57. The maximum atomic E-state index is 5.28. The third kappa shape index (κ3) is 3.34. The Morgan fingerprint density at radius 2 is 1.69 bits per heavy atom. The molecule has 0 N–H and O–H groups in total. The van der Waals surface area contributed by atoms with Crippen LogP contribution in [0.3, 0.4) is 0 Å². The van der Waals surface area contributed by atoms with Gasteiger partial charge in [-0.05, 0) is 29.5 Å². The first-order chi connectivity index (χ1) is 6.01. The highest BCUT2D eigenvalue weighted by atomic mass is 14.2. The molecule has 0 bridgehead atoms. The average molecular weight is 172 g/mol. The van der Waals surface area contributed by atoms with Crippen molar-refractivity contribution in [2.45, 2.75) is 27.2 Å². The van der Waals surface area contributed by atoms with Crippen LogP contribution in [0.1, 0.15) is 31.9 Å². The van der Waals surface area contributed by atoms with Crippen LogP contribution in [0.5, 0.6) is 0 Å². The minimum absolute atomic E-state index is 0.345. The number of hydrogen-bond donors (Lipinski definition) is 0. The van der Waals surface area contributed by atoms with E-state index in [0.717, 1.165) is 12.0 Å². The van der Waals surface area contributed by atoms with Crippen LogP contribution >= 0.6 is 0 Å². The molecule has 1 rings (SSSR count). The fourth-order valence-corrected chi connectivity index (χ4v) is 1.33. The van der Waals surface area contributed by atoms with E-state index in [2.05, 4.69) is 38.8 Å². The lowest BCUT2D eigenvalue weighted by atomic mass is 9.88. The highest BCUT2D eigenvalue weighted by Crippen LogP contribution is 2.20. The van der Waals surface area contributed by atoms with Gasteiger partial charge in [0.15, 0.2) is 0 Å². The summed E-state index contributed by atoms with van der Waals surface area (Å²) in [6, 6.07) is 8.23. The molecule has 1 aromatic rings. The molecule has 0 fully saturated rings. The fourth-order valence-electron chi connectivity index (χ4n) is 1.33. The van der Waals surface area contributed by atoms with Gasteiger partial charge >= 0.3 is 0 Å². The zero-order valence-corrected chi connectivity index (χ0v) is 8.59. The molecule has 13 heavy (non-hydrogen) atoms. The van der Waals surface area contributed by atoms with E-state index in [0.29, 0.717) is 5.41 Å². The molecule has 0 saturated heterocycles. The maximum absolute atomic E-state index is 5.28. The summed E-state index contributed by atoms with van der Waals surface area (Å²) in [5.74, 6) is 2.62. The minimum Gasteiger partial charge on any atom is -0.115 e. The van der Waals surface area contributed by atoms with Crippen LogP contribution in [0.25, 0.3) is 0 Å². The molecule has 0 aliphatic heterocycles. The second kappa shape index (κ2) is 3.66. The van der Waals surface area contributed by atoms with Gasteiger partial charge in [0.05, 0.1) is 0 Å². The lowest BCUT2D eigenvalue weighted by Crippen LogP contribution is -2.08. The van der Waals surface area contributed by atoms with Crippen LogP contribution in [-0.4, -0.2) is 0 Å². The van der Waals surface area contributed by atoms with Gasteiger partial charge in [0, 0.05) is 5.56 Å². The molecule has 0 radical (unpaired) electrons. The van der Waals surface area contributed by atoms with E-state index in [1.807, 2.05) is 12.1 Å². The van der Waals surface area contributed by atoms with Crippen molar-refractivity contribution in [1.29, 1.82) is 0 Å². The van der Waals surface area contributed by atoms with Gasteiger partial charge in [0.1, 0.15) is 0 Å². The minimum atomic E-state index is 0.345. The van der Waals surface area contributed by atoms with Crippen molar-refractivity contribution in [3.05, 3.63) is 35.4 Å². The molecule has 0 aliphatic rings. The van der Waals surface area contributed by atoms with E-state index < -0.39 is 0 Å². The van der Waals surface area contributed by atoms with Gasteiger partial charge in [-0.15, -0.1) is 6.42 Å². The SMILES string of the molecule is C#Cc1ccc(CC(C)(C)C)cc1. The number of hydrogen-bond acceptors (Lipinski definition) is 0. The highest BCUT2D eigenvalue weighted by molar-refractivity contribution is 5.34. The number of rotatable bonds is 1. The second-order valence-electron chi connectivity index (χ2n) is 4.58. The van der Waals surface area contributed by atoms with Crippen molar-refractivity contribution in [1.82, 2.24) is 0 Å². The first-order valence-electron chi connectivity index (χ1n) is 4.57. The molecule has 0 unspecified atom stereocenters. The van der Waals surface area contributed by atoms with E-state index in [1.54, 1.807) is 0 Å². The third-order valence-corrected chi connectivity index (χ3v) is 1.86. The van der Waals surface area contributed by atoms with E-state index in [1.165, 1.54) is 5.56 Å². The summed E-state index contributed by atoms with van der Waals surface area (Å²) in [5.41, 5.74) is 2.65. The zero-order valence-electron chi connectivity index (χ0n) is 8.59. The summed E-state index contributed by atoms with van der Waals surface area (Å²) in [6.07, 6.45) is 6.37. The van der Waals surface area contributed by atoms with Crippen molar-refractivity contribution in [3.8, 4) is 12.3 Å². The smallest absolute Gasteiger partial charge is 0.0242 e. The van der Waals surface area contributed by atoms with Gasteiger partial charge < -0.3 is 0 Å². The fraction of sp³-hybridized carbons (Fsp3) is 0.385. The Hall–Kier alpha value is -1.22. The predicted molar refractivity (Wildman–Crippen MR) is 57.5 cm³/mol. The van der Waals surface area contributed by atoms with Crippen molar-refractivity contribution in [2.75, 3.05) is 0 Å². The van der Waals surface area contributed by atoms with Gasteiger partial charge in [0.25, 0.3) is 0 Å². The average Bonchev–Trinajstić information content (AvgIpc) is 2.03. The first kappa shape index (κ1) is 9.86. The normalized spacial score (nSPS) is 10.9. The molecule has 0 amide bonds. The summed E-state index contributed by atoms with van der Waals surface area (Å²) in [5, 5.41) is 0. The lowest BCUT2D eigenvalue weighted by Gasteiger charge is -2.17. The summed E-state index contributed by atoms with van der Waals surface area (Å²) in [7, 11) is 0. The molecular weight excluding hydrogens is 156 g/mol. The molecule has 0 spiro atoms. The highest BCUT2D eigenvalue weighted by Gasteiger charge is 2.10. The molecule has 0 heterocycles. The predicted octanol–water partition coefficient (Wildman–Crippen LogP) is 3.26. The summed E-state index contributed by atoms with van der Waals surface area (Å²) >= 11 is 0. The van der Waals surface area contributed by atoms with Gasteiger partial charge in [-0.25, -0.2) is 0 Å². The number of terminal acetylenes is 1. The third-order valence-electron chi connectivity index (χ3n) is 1.86. The Bertz CT molecular complexity index is 303. The molecule has 0 heteroatoms. The molecule has 1 aromatic carbocycles. The Balaban J connectivity index is 2.77. The quantitative estimate of drug-likeness (QED) is 0.570. The van der Waals surface area contributed by atoms with E-state index >= 15 is 0 Å². The lowest BCUT2D eigenvalue weighted by molar-refractivity contribution is 0.411. The van der Waals surface area contributed by atoms with Gasteiger partial charge in [-0.1, -0.05) is 38.8 Å². The molecule has 0 nitrogen and oxygen atoms in total. The van der Waals surface area contributed by atoms with Gasteiger partial charge in [0.2, 0.25) is 0 Å². The van der Waals surface area contributed by atoms with Crippen LogP contribution in [-0.2, 0) is 6.42 Å². The van der Waals surface area contributed by atoms with Crippen molar-refractivity contribution in [3.63, 3.8) is 0 Å². The van der Waals surface area contributed by atoms with Gasteiger partial charge in [-0.2, -0.15) is 0 Å². The molecular formula is C13H16. The van der Waals surface area contributed by atoms with Crippen LogP contribution in [0.15, 0.2) is 24.3 Å². The molecule has 0 aromatic heterocycles. The summed E-state index contributed by atoms with van der Waals surface area (Å²) < 4.78 is 0. The maximum Gasteiger partial charge on any atom is 0.0242 e. The molecule has 0 saturated carbocycles.